The first-order valence-corrected chi connectivity index (χ1v) is 9.66. The zero-order chi connectivity index (χ0) is 20.1. The van der Waals surface area contributed by atoms with Gasteiger partial charge in [-0.25, -0.2) is 8.42 Å². The molecule has 0 fully saturated rings. The second kappa shape index (κ2) is 8.43. The molecule has 0 aliphatic heterocycles. The van der Waals surface area contributed by atoms with Gasteiger partial charge in [-0.3, -0.25) is 4.79 Å². The standard InChI is InChI=1S/C18H18F3NO4S/c1-2-27(24,25)16-9-4-3-8-15(16)17(23)22-11-13-6-5-7-14(10-13)26-12-18(19,20)21/h3-10H,2,11-12H2,1H3,(H,22,23). The molecule has 0 unspecified atom stereocenters. The van der Waals surface area contributed by atoms with Gasteiger partial charge in [0.15, 0.2) is 16.4 Å². The topological polar surface area (TPSA) is 72.5 Å². The molecular formula is C18H18F3NO4S. The molecule has 9 heteroatoms. The van der Waals surface area contributed by atoms with Crippen molar-refractivity contribution in [1.29, 1.82) is 0 Å². The van der Waals surface area contributed by atoms with Crippen molar-refractivity contribution in [2.75, 3.05) is 12.4 Å². The zero-order valence-electron chi connectivity index (χ0n) is 14.4. The summed E-state index contributed by atoms with van der Waals surface area (Å²) < 4.78 is 65.5. The first kappa shape index (κ1) is 20.8. The van der Waals surface area contributed by atoms with Gasteiger partial charge in [0.1, 0.15) is 5.75 Å². The average Bonchev–Trinajstić information content (AvgIpc) is 2.64. The largest absolute Gasteiger partial charge is 0.484 e. The molecule has 0 radical (unpaired) electrons. The average molecular weight is 401 g/mol. The second-order valence-electron chi connectivity index (χ2n) is 5.63. The number of carbonyl (C=O) groups is 1. The number of halogens is 3. The fourth-order valence-corrected chi connectivity index (χ4v) is 3.36. The van der Waals surface area contributed by atoms with E-state index >= 15 is 0 Å². The third-order valence-corrected chi connectivity index (χ3v) is 5.39. The fraction of sp³-hybridized carbons (Fsp3) is 0.278. The van der Waals surface area contributed by atoms with Gasteiger partial charge in [0, 0.05) is 6.54 Å². The lowest BCUT2D eigenvalue weighted by Gasteiger charge is -2.12. The second-order valence-corrected chi connectivity index (χ2v) is 7.88. The van der Waals surface area contributed by atoms with Crippen LogP contribution in [0.2, 0.25) is 0 Å². The summed E-state index contributed by atoms with van der Waals surface area (Å²) in [5.74, 6) is -0.715. The molecule has 146 valence electrons. The van der Waals surface area contributed by atoms with E-state index in [4.69, 9.17) is 0 Å². The predicted molar refractivity (Wildman–Crippen MR) is 93.3 cm³/mol. The Kier molecular flexibility index (Phi) is 6.48. The van der Waals surface area contributed by atoms with Crippen LogP contribution in [0.15, 0.2) is 53.4 Å². The maximum Gasteiger partial charge on any atom is 0.422 e. The SMILES string of the molecule is CCS(=O)(=O)c1ccccc1C(=O)NCc1cccc(OCC(F)(F)F)c1. The molecule has 2 rings (SSSR count). The van der Waals surface area contributed by atoms with Crippen LogP contribution in [0.4, 0.5) is 13.2 Å². The summed E-state index contributed by atoms with van der Waals surface area (Å²) in [6, 6.07) is 11.7. The van der Waals surface area contributed by atoms with Crippen LogP contribution < -0.4 is 10.1 Å². The first-order valence-electron chi connectivity index (χ1n) is 8.01. The summed E-state index contributed by atoms with van der Waals surface area (Å²) in [4.78, 5) is 12.3. The van der Waals surface area contributed by atoms with E-state index in [9.17, 15) is 26.4 Å². The van der Waals surface area contributed by atoms with Gasteiger partial charge >= 0.3 is 6.18 Å². The Morgan fingerprint density at radius 2 is 1.81 bits per heavy atom. The maximum atomic E-state index is 12.4. The molecule has 2 aromatic rings. The summed E-state index contributed by atoms with van der Waals surface area (Å²) in [5.41, 5.74) is 0.530. The number of amides is 1. The molecular weight excluding hydrogens is 383 g/mol. The van der Waals surface area contributed by atoms with Gasteiger partial charge in [0.25, 0.3) is 5.91 Å². The predicted octanol–water partition coefficient (Wildman–Crippen LogP) is 3.35. The molecule has 0 saturated carbocycles. The number of nitrogens with one attached hydrogen (secondary N) is 1. The van der Waals surface area contributed by atoms with Crippen LogP contribution in [0.25, 0.3) is 0 Å². The summed E-state index contributed by atoms with van der Waals surface area (Å²) >= 11 is 0. The number of hydrogen-bond acceptors (Lipinski definition) is 4. The van der Waals surface area contributed by atoms with Gasteiger partial charge in [0.05, 0.1) is 16.2 Å². The van der Waals surface area contributed by atoms with Crippen molar-refractivity contribution in [3.63, 3.8) is 0 Å². The highest BCUT2D eigenvalue weighted by Gasteiger charge is 2.28. The monoisotopic (exact) mass is 401 g/mol. The number of ether oxygens (including phenoxy) is 1. The van der Waals surface area contributed by atoms with Crippen molar-refractivity contribution in [3.05, 3.63) is 59.7 Å². The van der Waals surface area contributed by atoms with E-state index < -0.39 is 28.5 Å². The van der Waals surface area contributed by atoms with E-state index in [-0.39, 0.29) is 28.5 Å². The highest BCUT2D eigenvalue weighted by Crippen LogP contribution is 2.20. The normalized spacial score (nSPS) is 11.9. The van der Waals surface area contributed by atoms with E-state index in [1.54, 1.807) is 12.1 Å². The molecule has 0 aliphatic rings. The van der Waals surface area contributed by atoms with Gasteiger partial charge in [0.2, 0.25) is 0 Å². The lowest BCUT2D eigenvalue weighted by atomic mass is 10.2. The molecule has 0 heterocycles. The fourth-order valence-electron chi connectivity index (χ4n) is 2.27. The summed E-state index contributed by atoms with van der Waals surface area (Å²) in [6.45, 7) is 0.0735. The van der Waals surface area contributed by atoms with Crippen molar-refractivity contribution < 1.29 is 31.1 Å². The molecule has 0 bridgehead atoms. The Morgan fingerprint density at radius 1 is 1.11 bits per heavy atom. The molecule has 1 amide bonds. The van der Waals surface area contributed by atoms with E-state index in [1.165, 1.54) is 43.3 Å². The van der Waals surface area contributed by atoms with Crippen LogP contribution in [-0.4, -0.2) is 32.9 Å². The number of sulfone groups is 1. The minimum absolute atomic E-state index is 0.00254. The molecule has 2 aromatic carbocycles. The Labute approximate surface area is 155 Å². The molecule has 0 aliphatic carbocycles. The zero-order valence-corrected chi connectivity index (χ0v) is 15.2. The summed E-state index contributed by atoms with van der Waals surface area (Å²) in [5, 5.41) is 2.57. The molecule has 5 nitrogen and oxygen atoms in total. The molecule has 0 aromatic heterocycles. The number of rotatable bonds is 7. The van der Waals surface area contributed by atoms with Crippen LogP contribution in [0.1, 0.15) is 22.8 Å². The van der Waals surface area contributed by atoms with E-state index in [0.717, 1.165) is 0 Å². The Hall–Kier alpha value is -2.55. The van der Waals surface area contributed by atoms with E-state index in [1.807, 2.05) is 0 Å². The van der Waals surface area contributed by atoms with Crippen molar-refractivity contribution in [3.8, 4) is 5.75 Å². The van der Waals surface area contributed by atoms with Crippen molar-refractivity contribution in [1.82, 2.24) is 5.32 Å². The van der Waals surface area contributed by atoms with Crippen molar-refractivity contribution in [2.45, 2.75) is 24.5 Å². The van der Waals surface area contributed by atoms with Crippen LogP contribution >= 0.6 is 0 Å². The summed E-state index contributed by atoms with van der Waals surface area (Å²) in [6.07, 6.45) is -4.45. The van der Waals surface area contributed by atoms with Crippen molar-refractivity contribution >= 4 is 15.7 Å². The molecule has 0 spiro atoms. The number of carbonyl (C=O) groups excluding carboxylic acids is 1. The van der Waals surface area contributed by atoms with E-state index in [0.29, 0.717) is 5.56 Å². The minimum atomic E-state index is -4.45. The van der Waals surface area contributed by atoms with Crippen LogP contribution in [-0.2, 0) is 16.4 Å². The number of alkyl halides is 3. The Morgan fingerprint density at radius 3 is 2.48 bits per heavy atom. The molecule has 27 heavy (non-hydrogen) atoms. The molecule has 0 saturated heterocycles. The van der Waals surface area contributed by atoms with Gasteiger partial charge in [-0.15, -0.1) is 0 Å². The lowest BCUT2D eigenvalue weighted by Crippen LogP contribution is -2.25. The Balaban J connectivity index is 2.09. The maximum absolute atomic E-state index is 12.4. The number of hydrogen-bond donors (Lipinski definition) is 1. The third kappa shape index (κ3) is 5.99. The highest BCUT2D eigenvalue weighted by molar-refractivity contribution is 7.91. The van der Waals surface area contributed by atoms with Crippen molar-refractivity contribution in [2.24, 2.45) is 0 Å². The lowest BCUT2D eigenvalue weighted by molar-refractivity contribution is -0.153. The van der Waals surface area contributed by atoms with E-state index in [2.05, 4.69) is 10.1 Å². The highest BCUT2D eigenvalue weighted by atomic mass is 32.2. The molecule has 1 N–H and O–H groups in total. The van der Waals surface area contributed by atoms with Gasteiger partial charge < -0.3 is 10.1 Å². The Bertz CT molecular complexity index is 911. The smallest absolute Gasteiger partial charge is 0.422 e. The van der Waals surface area contributed by atoms with Gasteiger partial charge in [-0.05, 0) is 29.8 Å². The minimum Gasteiger partial charge on any atom is -0.484 e. The first-order chi connectivity index (χ1) is 12.6. The summed E-state index contributed by atoms with van der Waals surface area (Å²) in [7, 11) is -3.57. The van der Waals surface area contributed by atoms with Crippen LogP contribution in [0, 0.1) is 0 Å². The molecule has 0 atom stereocenters. The third-order valence-electron chi connectivity index (χ3n) is 3.60. The van der Waals surface area contributed by atoms with Crippen LogP contribution in [0.5, 0.6) is 5.75 Å². The van der Waals surface area contributed by atoms with Gasteiger partial charge in [-0.1, -0.05) is 31.2 Å². The van der Waals surface area contributed by atoms with Gasteiger partial charge in [-0.2, -0.15) is 13.2 Å². The quantitative estimate of drug-likeness (QED) is 0.772. The van der Waals surface area contributed by atoms with Crippen LogP contribution in [0.3, 0.4) is 0 Å². The number of benzene rings is 2.